The quantitative estimate of drug-likeness (QED) is 0.120. The van der Waals surface area contributed by atoms with E-state index < -0.39 is 40.1 Å². The summed E-state index contributed by atoms with van der Waals surface area (Å²) in [6, 6.07) is 22.7. The second-order valence-corrected chi connectivity index (χ2v) is 12.8. The number of nitrogens with one attached hydrogen (secondary N) is 2. The van der Waals surface area contributed by atoms with Crippen LogP contribution in [0.3, 0.4) is 0 Å². The Morgan fingerprint density at radius 1 is 0.872 bits per heavy atom. The van der Waals surface area contributed by atoms with E-state index in [2.05, 4.69) is 15.6 Å². The number of rotatable bonds is 16. The Hall–Kier alpha value is -5.01. The number of esters is 1. The van der Waals surface area contributed by atoms with E-state index in [9.17, 15) is 22.8 Å². The fourth-order valence-electron chi connectivity index (χ4n) is 4.53. The van der Waals surface area contributed by atoms with Gasteiger partial charge in [-0.3, -0.25) is 4.79 Å². The molecule has 4 rings (SSSR count). The molecule has 12 nitrogen and oxygen atoms in total. The van der Waals surface area contributed by atoms with Crippen LogP contribution in [0.4, 0.5) is 4.79 Å². The van der Waals surface area contributed by atoms with E-state index in [1.54, 1.807) is 12.1 Å². The maximum Gasteiger partial charge on any atom is 0.407 e. The van der Waals surface area contributed by atoms with Crippen molar-refractivity contribution in [2.45, 2.75) is 62.8 Å². The average Bonchev–Trinajstić information content (AvgIpc) is 3.56. The molecule has 1 aromatic heterocycles. The van der Waals surface area contributed by atoms with Crippen molar-refractivity contribution in [2.75, 3.05) is 6.54 Å². The van der Waals surface area contributed by atoms with Crippen molar-refractivity contribution in [3.05, 3.63) is 120 Å². The van der Waals surface area contributed by atoms with Gasteiger partial charge in [0.05, 0.1) is 16.6 Å². The Kier molecular flexibility index (Phi) is 12.7. The molecule has 0 spiro atoms. The SMILES string of the molecule is Cc1ccc(S(=O)(=O)n2cnc(C[C@H](N)C(=O)N[C@@H](CCCCNC(=O)OCc3ccccc3)C(=O)OCc3ccccc3)c2)cc1. The number of ether oxygens (including phenoxy) is 2. The number of aryl methyl sites for hydroxylation is 1. The number of aromatic nitrogens is 2. The second-order valence-electron chi connectivity index (χ2n) is 11.0. The molecule has 2 atom stereocenters. The van der Waals surface area contributed by atoms with Gasteiger partial charge in [-0.05, 0) is 49.4 Å². The van der Waals surface area contributed by atoms with Gasteiger partial charge in [-0.15, -0.1) is 0 Å². The van der Waals surface area contributed by atoms with E-state index in [1.807, 2.05) is 67.6 Å². The van der Waals surface area contributed by atoms with Crippen molar-refractivity contribution >= 4 is 28.0 Å². The molecule has 0 saturated heterocycles. The first kappa shape index (κ1) is 34.9. The third-order valence-electron chi connectivity index (χ3n) is 7.20. The van der Waals surface area contributed by atoms with Crippen LogP contribution in [0.25, 0.3) is 0 Å². The smallest absolute Gasteiger partial charge is 0.407 e. The fourth-order valence-corrected chi connectivity index (χ4v) is 5.68. The number of hydrogen-bond acceptors (Lipinski definition) is 9. The van der Waals surface area contributed by atoms with Crippen LogP contribution in [-0.2, 0) is 48.7 Å². The van der Waals surface area contributed by atoms with Crippen molar-refractivity contribution in [1.82, 2.24) is 19.6 Å². The Labute approximate surface area is 274 Å². The molecule has 0 aliphatic carbocycles. The Bertz CT molecular complexity index is 1710. The molecule has 13 heteroatoms. The first-order valence-corrected chi connectivity index (χ1v) is 16.6. The van der Waals surface area contributed by atoms with Gasteiger partial charge in [0, 0.05) is 19.2 Å². The normalized spacial score (nSPS) is 12.5. The molecule has 0 unspecified atom stereocenters. The minimum atomic E-state index is -3.87. The lowest BCUT2D eigenvalue weighted by Gasteiger charge is -2.20. The Morgan fingerprint density at radius 3 is 2.13 bits per heavy atom. The van der Waals surface area contributed by atoms with Gasteiger partial charge in [0.1, 0.15) is 25.6 Å². The molecular formula is C34H39N5O7S. The lowest BCUT2D eigenvalue weighted by Crippen LogP contribution is -2.49. The highest BCUT2D eigenvalue weighted by Crippen LogP contribution is 2.16. The number of carbonyl (C=O) groups is 3. The molecule has 0 saturated carbocycles. The van der Waals surface area contributed by atoms with E-state index in [-0.39, 0.29) is 36.6 Å². The van der Waals surface area contributed by atoms with Crippen LogP contribution in [0.5, 0.6) is 0 Å². The highest BCUT2D eigenvalue weighted by atomic mass is 32.2. The zero-order valence-corrected chi connectivity index (χ0v) is 26.9. The number of hydrogen-bond donors (Lipinski definition) is 3. The zero-order valence-electron chi connectivity index (χ0n) is 26.1. The maximum atomic E-state index is 13.1. The third kappa shape index (κ3) is 10.8. The minimum Gasteiger partial charge on any atom is -0.459 e. The zero-order chi connectivity index (χ0) is 33.6. The summed E-state index contributed by atoms with van der Waals surface area (Å²) in [7, 11) is -3.87. The molecule has 47 heavy (non-hydrogen) atoms. The minimum absolute atomic E-state index is 0.0276. The average molecular weight is 662 g/mol. The lowest BCUT2D eigenvalue weighted by atomic mass is 10.1. The van der Waals surface area contributed by atoms with Gasteiger partial charge < -0.3 is 25.8 Å². The van der Waals surface area contributed by atoms with Crippen LogP contribution in [0.2, 0.25) is 0 Å². The van der Waals surface area contributed by atoms with E-state index in [4.69, 9.17) is 15.2 Å². The summed E-state index contributed by atoms with van der Waals surface area (Å²) < 4.78 is 37.6. The summed E-state index contributed by atoms with van der Waals surface area (Å²) in [4.78, 5) is 42.4. The molecular weight excluding hydrogens is 622 g/mol. The number of nitrogens with zero attached hydrogens (tertiary/aromatic N) is 2. The molecule has 0 fully saturated rings. The largest absolute Gasteiger partial charge is 0.459 e. The van der Waals surface area contributed by atoms with Crippen LogP contribution in [0.15, 0.2) is 102 Å². The second kappa shape index (κ2) is 17.1. The van der Waals surface area contributed by atoms with Crippen LogP contribution >= 0.6 is 0 Å². The molecule has 1 heterocycles. The van der Waals surface area contributed by atoms with Gasteiger partial charge in [-0.1, -0.05) is 78.4 Å². The van der Waals surface area contributed by atoms with Gasteiger partial charge in [-0.25, -0.2) is 27.0 Å². The topological polar surface area (TPSA) is 172 Å². The highest BCUT2D eigenvalue weighted by Gasteiger charge is 2.26. The number of amides is 2. The molecule has 248 valence electrons. The molecule has 0 radical (unpaired) electrons. The Morgan fingerprint density at radius 2 is 1.49 bits per heavy atom. The summed E-state index contributed by atoms with van der Waals surface area (Å²) in [6.07, 6.45) is 3.06. The monoisotopic (exact) mass is 661 g/mol. The van der Waals surface area contributed by atoms with Crippen molar-refractivity contribution in [3.63, 3.8) is 0 Å². The van der Waals surface area contributed by atoms with Gasteiger partial charge in [0.2, 0.25) is 5.91 Å². The van der Waals surface area contributed by atoms with E-state index in [1.165, 1.54) is 18.3 Å². The third-order valence-corrected chi connectivity index (χ3v) is 8.83. The van der Waals surface area contributed by atoms with E-state index >= 15 is 0 Å². The number of unbranched alkanes of at least 4 members (excludes halogenated alkanes) is 1. The number of imidazole rings is 1. The number of alkyl carbamates (subject to hydrolysis) is 1. The summed E-state index contributed by atoms with van der Waals surface area (Å²) in [5.74, 6) is -1.25. The lowest BCUT2D eigenvalue weighted by molar-refractivity contribution is -0.149. The molecule has 0 aliphatic rings. The molecule has 4 aromatic rings. The maximum absolute atomic E-state index is 13.1. The van der Waals surface area contributed by atoms with Crippen LogP contribution in [-0.4, -0.2) is 54.0 Å². The fraction of sp³-hybridized carbons (Fsp3) is 0.294. The molecule has 4 N–H and O–H groups in total. The number of carbonyl (C=O) groups excluding carboxylic acids is 3. The van der Waals surface area contributed by atoms with Crippen molar-refractivity contribution in [3.8, 4) is 0 Å². The van der Waals surface area contributed by atoms with Crippen molar-refractivity contribution in [2.24, 2.45) is 5.73 Å². The van der Waals surface area contributed by atoms with Gasteiger partial charge in [-0.2, -0.15) is 0 Å². The first-order valence-electron chi connectivity index (χ1n) is 15.2. The van der Waals surface area contributed by atoms with Crippen LogP contribution in [0.1, 0.15) is 41.6 Å². The van der Waals surface area contributed by atoms with Crippen molar-refractivity contribution < 1.29 is 32.3 Å². The summed E-state index contributed by atoms with van der Waals surface area (Å²) >= 11 is 0. The molecule has 0 aliphatic heterocycles. The van der Waals surface area contributed by atoms with Crippen LogP contribution in [0, 0.1) is 6.92 Å². The predicted octanol–water partition coefficient (Wildman–Crippen LogP) is 3.62. The number of benzene rings is 3. The molecule has 3 aromatic carbocycles. The van der Waals surface area contributed by atoms with E-state index in [0.717, 1.165) is 27.0 Å². The van der Waals surface area contributed by atoms with Gasteiger partial charge in [0.15, 0.2) is 0 Å². The van der Waals surface area contributed by atoms with E-state index in [0.29, 0.717) is 19.4 Å². The first-order chi connectivity index (χ1) is 22.6. The molecule has 0 bridgehead atoms. The van der Waals surface area contributed by atoms with Crippen LogP contribution < -0.4 is 16.4 Å². The molecule has 2 amide bonds. The van der Waals surface area contributed by atoms with Crippen molar-refractivity contribution in [1.29, 1.82) is 0 Å². The van der Waals surface area contributed by atoms with Gasteiger partial charge >= 0.3 is 12.1 Å². The standard InChI is InChI=1S/C34H39N5O7S/c1-25-15-17-29(18-16-25)47(43,44)39-21-28(37-24-39)20-30(35)32(40)38-31(33(41)45-22-26-10-4-2-5-11-26)14-8-9-19-36-34(42)46-23-27-12-6-3-7-13-27/h2-7,10-13,15-18,21,24,30-31H,8-9,14,19-20,22-23,35H2,1H3,(H,36,42)(H,38,40)/t30-,31-/m0/s1. The number of nitrogens with two attached hydrogens (primary N) is 1. The van der Waals surface area contributed by atoms with Gasteiger partial charge in [0.25, 0.3) is 10.0 Å². The summed E-state index contributed by atoms with van der Waals surface area (Å²) in [5.41, 5.74) is 9.03. The predicted molar refractivity (Wildman–Crippen MR) is 174 cm³/mol. The highest BCUT2D eigenvalue weighted by molar-refractivity contribution is 7.90. The Balaban J connectivity index is 1.30. The summed E-state index contributed by atoms with van der Waals surface area (Å²) in [5, 5.41) is 5.35. The summed E-state index contributed by atoms with van der Waals surface area (Å²) in [6.45, 7) is 2.34.